The first kappa shape index (κ1) is 6.20. The van der Waals surface area contributed by atoms with Crippen molar-refractivity contribution in [3.63, 3.8) is 0 Å². The van der Waals surface area contributed by atoms with E-state index in [4.69, 9.17) is 0 Å². The first-order valence-electron chi connectivity index (χ1n) is 4.13. The van der Waals surface area contributed by atoms with Gasteiger partial charge in [0.25, 0.3) is 0 Å². The van der Waals surface area contributed by atoms with Crippen LogP contribution in [0.15, 0.2) is 0 Å². The molecule has 0 radical (unpaired) electrons. The summed E-state index contributed by atoms with van der Waals surface area (Å²) in [7, 11) is 0. The van der Waals surface area contributed by atoms with Crippen LogP contribution in [0, 0.1) is 11.8 Å². The Morgan fingerprint density at radius 1 is 1.30 bits per heavy atom. The summed E-state index contributed by atoms with van der Waals surface area (Å²) in [5.74, 6) is 1.81. The van der Waals surface area contributed by atoms with Crippen LogP contribution >= 0.6 is 0 Å². The van der Waals surface area contributed by atoms with Gasteiger partial charge < -0.3 is 5.32 Å². The SMILES string of the molecule is O=C1C[C@H]2CCC[C@@H]2CN1. The summed E-state index contributed by atoms with van der Waals surface area (Å²) in [6, 6.07) is 0. The number of hydrogen-bond acceptors (Lipinski definition) is 1. The van der Waals surface area contributed by atoms with E-state index in [2.05, 4.69) is 5.32 Å². The molecule has 0 aromatic carbocycles. The third-order valence-electron chi connectivity index (χ3n) is 2.83. The molecule has 0 spiro atoms. The number of hydrogen-bond donors (Lipinski definition) is 1. The minimum Gasteiger partial charge on any atom is -0.356 e. The number of fused-ring (bicyclic) bond motifs is 1. The van der Waals surface area contributed by atoms with Gasteiger partial charge in [0.15, 0.2) is 0 Å². The normalized spacial score (nSPS) is 39.0. The van der Waals surface area contributed by atoms with E-state index in [9.17, 15) is 4.79 Å². The zero-order chi connectivity index (χ0) is 6.97. The highest BCUT2D eigenvalue weighted by Crippen LogP contribution is 2.35. The maximum atomic E-state index is 10.9. The van der Waals surface area contributed by atoms with Crippen molar-refractivity contribution in [2.24, 2.45) is 11.8 Å². The van der Waals surface area contributed by atoms with E-state index in [1.165, 1.54) is 19.3 Å². The van der Waals surface area contributed by atoms with Gasteiger partial charge in [-0.3, -0.25) is 4.79 Å². The first-order valence-corrected chi connectivity index (χ1v) is 4.13. The lowest BCUT2D eigenvalue weighted by molar-refractivity contribution is -0.124. The van der Waals surface area contributed by atoms with Gasteiger partial charge in [0.2, 0.25) is 5.91 Å². The van der Waals surface area contributed by atoms with Crippen molar-refractivity contribution in [1.29, 1.82) is 0 Å². The van der Waals surface area contributed by atoms with Crippen LogP contribution < -0.4 is 5.32 Å². The molecule has 2 heteroatoms. The summed E-state index contributed by atoms with van der Waals surface area (Å²) in [6.07, 6.45) is 4.76. The maximum Gasteiger partial charge on any atom is 0.220 e. The molecule has 56 valence electrons. The number of rotatable bonds is 0. The highest BCUT2D eigenvalue weighted by Gasteiger charge is 2.32. The molecule has 1 saturated heterocycles. The molecule has 2 fully saturated rings. The zero-order valence-corrected chi connectivity index (χ0v) is 6.10. The molecule has 1 aliphatic carbocycles. The minimum absolute atomic E-state index is 0.267. The van der Waals surface area contributed by atoms with Crippen LogP contribution in [0.5, 0.6) is 0 Å². The molecule has 1 saturated carbocycles. The average molecular weight is 139 g/mol. The van der Waals surface area contributed by atoms with E-state index < -0.39 is 0 Å². The predicted octanol–water partition coefficient (Wildman–Crippen LogP) is 0.923. The quantitative estimate of drug-likeness (QED) is 0.531. The standard InChI is InChI=1S/C8H13NO/c10-8-4-6-2-1-3-7(6)5-9-8/h6-7H,1-5H2,(H,9,10)/t6-,7-/m1/s1. The van der Waals surface area contributed by atoms with Gasteiger partial charge in [0.05, 0.1) is 0 Å². The van der Waals surface area contributed by atoms with Gasteiger partial charge in [-0.1, -0.05) is 6.42 Å². The van der Waals surface area contributed by atoms with Crippen LogP contribution in [0.1, 0.15) is 25.7 Å². The molecule has 0 aromatic rings. The highest BCUT2D eigenvalue weighted by atomic mass is 16.1. The Balaban J connectivity index is 2.03. The van der Waals surface area contributed by atoms with Crippen LogP contribution in [-0.4, -0.2) is 12.5 Å². The second-order valence-electron chi connectivity index (χ2n) is 3.46. The van der Waals surface area contributed by atoms with Crippen molar-refractivity contribution in [3.05, 3.63) is 0 Å². The van der Waals surface area contributed by atoms with Crippen molar-refractivity contribution >= 4 is 5.91 Å². The molecular formula is C8H13NO. The Bertz CT molecular complexity index is 155. The summed E-state index contributed by atoms with van der Waals surface area (Å²) >= 11 is 0. The lowest BCUT2D eigenvalue weighted by Crippen LogP contribution is -2.38. The van der Waals surface area contributed by atoms with Crippen LogP contribution in [0.4, 0.5) is 0 Å². The lowest BCUT2D eigenvalue weighted by atomic mass is 9.89. The van der Waals surface area contributed by atoms with Gasteiger partial charge in [0, 0.05) is 13.0 Å². The van der Waals surface area contributed by atoms with Crippen LogP contribution in [0.2, 0.25) is 0 Å². The van der Waals surface area contributed by atoms with Crippen molar-refractivity contribution in [1.82, 2.24) is 5.32 Å². The molecule has 10 heavy (non-hydrogen) atoms. The fourth-order valence-electron chi connectivity index (χ4n) is 2.21. The van der Waals surface area contributed by atoms with E-state index in [-0.39, 0.29) is 5.91 Å². The second-order valence-corrected chi connectivity index (χ2v) is 3.46. The summed E-state index contributed by atoms with van der Waals surface area (Å²) in [6.45, 7) is 0.948. The van der Waals surface area contributed by atoms with E-state index in [1.54, 1.807) is 0 Å². The molecular weight excluding hydrogens is 126 g/mol. The largest absolute Gasteiger partial charge is 0.356 e. The molecule has 2 nitrogen and oxygen atoms in total. The molecule has 2 rings (SSSR count). The third kappa shape index (κ3) is 0.917. The van der Waals surface area contributed by atoms with Crippen LogP contribution in [0.3, 0.4) is 0 Å². The first-order chi connectivity index (χ1) is 4.86. The highest BCUT2D eigenvalue weighted by molar-refractivity contribution is 5.77. The lowest BCUT2D eigenvalue weighted by Gasteiger charge is -2.24. The summed E-state index contributed by atoms with van der Waals surface area (Å²) < 4.78 is 0. The number of piperidine rings is 1. The van der Waals surface area contributed by atoms with Gasteiger partial charge >= 0.3 is 0 Å². The third-order valence-corrected chi connectivity index (χ3v) is 2.83. The van der Waals surface area contributed by atoms with E-state index >= 15 is 0 Å². The molecule has 1 aliphatic heterocycles. The predicted molar refractivity (Wildman–Crippen MR) is 38.5 cm³/mol. The average Bonchev–Trinajstić information content (AvgIpc) is 2.33. The fourth-order valence-corrected chi connectivity index (χ4v) is 2.21. The monoisotopic (exact) mass is 139 g/mol. The van der Waals surface area contributed by atoms with Crippen molar-refractivity contribution in [3.8, 4) is 0 Å². The van der Waals surface area contributed by atoms with Crippen molar-refractivity contribution < 1.29 is 4.79 Å². The second kappa shape index (κ2) is 2.26. The minimum atomic E-state index is 0.267. The van der Waals surface area contributed by atoms with Crippen molar-refractivity contribution in [2.45, 2.75) is 25.7 Å². The van der Waals surface area contributed by atoms with Gasteiger partial charge in [-0.25, -0.2) is 0 Å². The molecule has 0 aromatic heterocycles. The van der Waals surface area contributed by atoms with Gasteiger partial charge in [-0.05, 0) is 24.7 Å². The summed E-state index contributed by atoms with van der Waals surface area (Å²) in [5, 5.41) is 2.91. The molecule has 2 aliphatic rings. The van der Waals surface area contributed by atoms with Gasteiger partial charge in [-0.15, -0.1) is 0 Å². The maximum absolute atomic E-state index is 10.9. The molecule has 0 unspecified atom stereocenters. The van der Waals surface area contributed by atoms with Crippen LogP contribution in [0.25, 0.3) is 0 Å². The van der Waals surface area contributed by atoms with E-state index in [1.807, 2.05) is 0 Å². The molecule has 0 bridgehead atoms. The number of carbonyl (C=O) groups excluding carboxylic acids is 1. The Kier molecular flexibility index (Phi) is 1.40. The summed E-state index contributed by atoms with van der Waals surface area (Å²) in [4.78, 5) is 10.9. The van der Waals surface area contributed by atoms with Gasteiger partial charge in [-0.2, -0.15) is 0 Å². The van der Waals surface area contributed by atoms with Crippen LogP contribution in [-0.2, 0) is 4.79 Å². The Labute approximate surface area is 61.0 Å². The van der Waals surface area contributed by atoms with E-state index in [0.717, 1.165) is 24.8 Å². The topological polar surface area (TPSA) is 29.1 Å². The summed E-state index contributed by atoms with van der Waals surface area (Å²) in [5.41, 5.74) is 0. The van der Waals surface area contributed by atoms with E-state index in [0.29, 0.717) is 0 Å². The Hall–Kier alpha value is -0.530. The number of amides is 1. The molecule has 2 atom stereocenters. The molecule has 1 amide bonds. The van der Waals surface area contributed by atoms with Gasteiger partial charge in [0.1, 0.15) is 0 Å². The number of carbonyl (C=O) groups is 1. The molecule has 1 N–H and O–H groups in total. The fraction of sp³-hybridized carbons (Fsp3) is 0.875. The van der Waals surface area contributed by atoms with Crippen molar-refractivity contribution in [2.75, 3.05) is 6.54 Å². The Morgan fingerprint density at radius 2 is 2.10 bits per heavy atom. The number of nitrogens with one attached hydrogen (secondary N) is 1. The smallest absolute Gasteiger partial charge is 0.220 e. The molecule has 1 heterocycles. The zero-order valence-electron chi connectivity index (χ0n) is 6.10. The Morgan fingerprint density at radius 3 is 3.00 bits per heavy atom.